The van der Waals surface area contributed by atoms with Gasteiger partial charge in [0, 0.05) is 12.6 Å². The van der Waals surface area contributed by atoms with Crippen molar-refractivity contribution in [3.05, 3.63) is 63.9 Å². The zero-order chi connectivity index (χ0) is 16.9. The number of benzene rings is 2. The standard InChI is InChI=1S/C16H14Cl2N6/c1-11-2-5-13(6-3-11)24-16(21-22-23-24)8-9-19-20-12-4-7-14(17)15(18)10-12/h2-7,9-10,20H,8H2,1H3/b19-9+. The van der Waals surface area contributed by atoms with Crippen LogP contribution >= 0.6 is 23.2 Å². The normalized spacial score (nSPS) is 11.1. The van der Waals surface area contributed by atoms with Crippen molar-refractivity contribution in [2.45, 2.75) is 13.3 Å². The highest BCUT2D eigenvalue weighted by Crippen LogP contribution is 2.24. The van der Waals surface area contributed by atoms with Crippen molar-refractivity contribution in [2.75, 3.05) is 5.43 Å². The second-order valence-corrected chi connectivity index (χ2v) is 5.91. The summed E-state index contributed by atoms with van der Waals surface area (Å²) < 4.78 is 1.69. The lowest BCUT2D eigenvalue weighted by Gasteiger charge is -2.03. The summed E-state index contributed by atoms with van der Waals surface area (Å²) in [6, 6.07) is 13.2. The third-order valence-electron chi connectivity index (χ3n) is 3.29. The first-order chi connectivity index (χ1) is 11.6. The highest BCUT2D eigenvalue weighted by molar-refractivity contribution is 6.42. The van der Waals surface area contributed by atoms with Gasteiger partial charge in [-0.25, -0.2) is 0 Å². The lowest BCUT2D eigenvalue weighted by Crippen LogP contribution is -2.04. The van der Waals surface area contributed by atoms with E-state index in [0.29, 0.717) is 22.3 Å². The SMILES string of the molecule is Cc1ccc(-n2nnnc2C/C=N/Nc2ccc(Cl)c(Cl)c2)cc1. The Bertz CT molecular complexity index is 857. The summed E-state index contributed by atoms with van der Waals surface area (Å²) in [5.41, 5.74) is 5.73. The van der Waals surface area contributed by atoms with Crippen LogP contribution in [-0.2, 0) is 6.42 Å². The predicted octanol–water partition coefficient (Wildman–Crippen LogP) is 3.92. The molecule has 0 saturated heterocycles. The van der Waals surface area contributed by atoms with E-state index < -0.39 is 0 Å². The first kappa shape index (κ1) is 16.4. The summed E-state index contributed by atoms with van der Waals surface area (Å²) in [6.45, 7) is 2.03. The van der Waals surface area contributed by atoms with Crippen LogP contribution in [-0.4, -0.2) is 26.4 Å². The maximum atomic E-state index is 5.95. The van der Waals surface area contributed by atoms with Crippen molar-refractivity contribution in [3.8, 4) is 5.69 Å². The second kappa shape index (κ2) is 7.42. The molecule has 122 valence electrons. The Morgan fingerprint density at radius 3 is 2.67 bits per heavy atom. The number of hydrogen-bond donors (Lipinski definition) is 1. The third kappa shape index (κ3) is 3.90. The molecule has 0 aliphatic rings. The molecule has 0 atom stereocenters. The van der Waals surface area contributed by atoms with Crippen molar-refractivity contribution < 1.29 is 0 Å². The fourth-order valence-corrected chi connectivity index (χ4v) is 2.33. The number of rotatable bonds is 5. The van der Waals surface area contributed by atoms with Gasteiger partial charge in [-0.05, 0) is 47.7 Å². The molecule has 0 aliphatic heterocycles. The molecule has 0 unspecified atom stereocenters. The second-order valence-electron chi connectivity index (χ2n) is 5.10. The van der Waals surface area contributed by atoms with E-state index in [1.54, 1.807) is 29.1 Å². The quantitative estimate of drug-likeness (QED) is 0.553. The molecule has 3 rings (SSSR count). The van der Waals surface area contributed by atoms with Crippen LogP contribution in [0, 0.1) is 6.92 Å². The fourth-order valence-electron chi connectivity index (χ4n) is 2.03. The Kier molecular flexibility index (Phi) is 5.08. The number of hydrazone groups is 1. The highest BCUT2D eigenvalue weighted by atomic mass is 35.5. The number of hydrogen-bond acceptors (Lipinski definition) is 5. The van der Waals surface area contributed by atoms with Gasteiger partial charge in [-0.15, -0.1) is 5.10 Å². The molecule has 1 N–H and O–H groups in total. The molecule has 0 aliphatic carbocycles. The molecule has 0 amide bonds. The maximum Gasteiger partial charge on any atom is 0.162 e. The molecule has 0 radical (unpaired) electrons. The van der Waals surface area contributed by atoms with Gasteiger partial charge in [0.1, 0.15) is 0 Å². The monoisotopic (exact) mass is 360 g/mol. The van der Waals surface area contributed by atoms with E-state index in [4.69, 9.17) is 23.2 Å². The van der Waals surface area contributed by atoms with E-state index in [2.05, 4.69) is 26.1 Å². The fraction of sp³-hybridized carbons (Fsp3) is 0.125. The zero-order valence-corrected chi connectivity index (χ0v) is 14.3. The largest absolute Gasteiger partial charge is 0.279 e. The minimum absolute atomic E-state index is 0.472. The minimum atomic E-state index is 0.472. The summed E-state index contributed by atoms with van der Waals surface area (Å²) in [6.07, 6.45) is 2.17. The Balaban J connectivity index is 1.66. The summed E-state index contributed by atoms with van der Waals surface area (Å²) in [4.78, 5) is 0. The molecule has 3 aromatic rings. The van der Waals surface area contributed by atoms with Gasteiger partial charge in [0.2, 0.25) is 0 Å². The molecule has 6 nitrogen and oxygen atoms in total. The minimum Gasteiger partial charge on any atom is -0.279 e. The summed E-state index contributed by atoms with van der Waals surface area (Å²) in [7, 11) is 0. The van der Waals surface area contributed by atoms with Crippen LogP contribution in [0.15, 0.2) is 47.6 Å². The van der Waals surface area contributed by atoms with E-state index in [0.717, 1.165) is 11.4 Å². The lowest BCUT2D eigenvalue weighted by molar-refractivity contribution is 0.775. The predicted molar refractivity (Wildman–Crippen MR) is 96.2 cm³/mol. The van der Waals surface area contributed by atoms with Gasteiger partial charge < -0.3 is 0 Å². The van der Waals surface area contributed by atoms with Gasteiger partial charge in [-0.3, -0.25) is 5.43 Å². The van der Waals surface area contributed by atoms with Crippen LogP contribution in [0.4, 0.5) is 5.69 Å². The smallest absolute Gasteiger partial charge is 0.162 e. The summed E-state index contributed by atoms with van der Waals surface area (Å²) in [5.74, 6) is 0.693. The van der Waals surface area contributed by atoms with Crippen molar-refractivity contribution in [3.63, 3.8) is 0 Å². The molecular weight excluding hydrogens is 347 g/mol. The number of halogens is 2. The number of anilines is 1. The Hall–Kier alpha value is -2.44. The van der Waals surface area contributed by atoms with Crippen LogP contribution in [0.2, 0.25) is 10.0 Å². The van der Waals surface area contributed by atoms with Gasteiger partial charge in [-0.2, -0.15) is 9.78 Å². The molecule has 1 aromatic heterocycles. The number of aromatic nitrogens is 4. The molecular formula is C16H14Cl2N6. The van der Waals surface area contributed by atoms with E-state index in [1.165, 1.54) is 5.56 Å². The molecule has 2 aromatic carbocycles. The van der Waals surface area contributed by atoms with Gasteiger partial charge in [-0.1, -0.05) is 40.9 Å². The van der Waals surface area contributed by atoms with Crippen molar-refractivity contribution in [1.82, 2.24) is 20.2 Å². The van der Waals surface area contributed by atoms with E-state index >= 15 is 0 Å². The molecule has 0 saturated carbocycles. The van der Waals surface area contributed by atoms with Crippen LogP contribution in [0.1, 0.15) is 11.4 Å². The number of nitrogens with zero attached hydrogens (tertiary/aromatic N) is 5. The topological polar surface area (TPSA) is 68.0 Å². The van der Waals surface area contributed by atoms with Crippen molar-refractivity contribution in [2.24, 2.45) is 5.10 Å². The van der Waals surface area contributed by atoms with Crippen molar-refractivity contribution in [1.29, 1.82) is 0 Å². The van der Waals surface area contributed by atoms with Crippen molar-refractivity contribution >= 4 is 35.1 Å². The zero-order valence-electron chi connectivity index (χ0n) is 12.8. The Morgan fingerprint density at radius 1 is 1.12 bits per heavy atom. The molecule has 24 heavy (non-hydrogen) atoms. The van der Waals surface area contributed by atoms with E-state index in [-0.39, 0.29) is 0 Å². The number of aryl methyl sites for hydroxylation is 1. The Morgan fingerprint density at radius 2 is 1.92 bits per heavy atom. The van der Waals surface area contributed by atoms with E-state index in [1.807, 2.05) is 31.2 Å². The Labute approximate surface area is 149 Å². The van der Waals surface area contributed by atoms with Gasteiger partial charge in [0.05, 0.1) is 21.4 Å². The molecule has 0 bridgehead atoms. The highest BCUT2D eigenvalue weighted by Gasteiger charge is 2.06. The average Bonchev–Trinajstić information content (AvgIpc) is 3.04. The first-order valence-corrected chi connectivity index (χ1v) is 7.96. The molecule has 0 spiro atoms. The van der Waals surface area contributed by atoms with Gasteiger partial charge in [0.15, 0.2) is 5.82 Å². The van der Waals surface area contributed by atoms with E-state index in [9.17, 15) is 0 Å². The third-order valence-corrected chi connectivity index (χ3v) is 4.03. The van der Waals surface area contributed by atoms with Crippen LogP contribution in [0.25, 0.3) is 5.69 Å². The summed E-state index contributed by atoms with van der Waals surface area (Å²) in [5, 5.41) is 16.9. The first-order valence-electron chi connectivity index (χ1n) is 7.20. The lowest BCUT2D eigenvalue weighted by atomic mass is 10.2. The summed E-state index contributed by atoms with van der Waals surface area (Å²) >= 11 is 11.8. The average molecular weight is 361 g/mol. The number of tetrazole rings is 1. The van der Waals surface area contributed by atoms with Crippen LogP contribution in [0.3, 0.4) is 0 Å². The molecule has 1 heterocycles. The maximum absolute atomic E-state index is 5.95. The van der Waals surface area contributed by atoms with Gasteiger partial charge in [0.25, 0.3) is 0 Å². The van der Waals surface area contributed by atoms with Gasteiger partial charge >= 0.3 is 0 Å². The van der Waals surface area contributed by atoms with Crippen LogP contribution < -0.4 is 5.43 Å². The number of nitrogens with one attached hydrogen (secondary N) is 1. The molecule has 8 heteroatoms. The molecule has 0 fully saturated rings. The van der Waals surface area contributed by atoms with Crippen LogP contribution in [0.5, 0.6) is 0 Å².